The van der Waals surface area contributed by atoms with Crippen LogP contribution in [0.15, 0.2) is 24.3 Å². The number of alkyl halides is 5. The van der Waals surface area contributed by atoms with Crippen molar-refractivity contribution in [2.75, 3.05) is 5.73 Å². The van der Waals surface area contributed by atoms with Crippen molar-refractivity contribution in [3.05, 3.63) is 46.9 Å². The molecule has 144 valence electrons. The third-order valence-electron chi connectivity index (χ3n) is 4.05. The normalized spacial score (nSPS) is 12.5. The molecule has 0 saturated heterocycles. The number of benzene rings is 1. The highest BCUT2D eigenvalue weighted by Gasteiger charge is 2.36. The smallest absolute Gasteiger partial charge is 0.383 e. The average molecular weight is 388 g/mol. The van der Waals surface area contributed by atoms with Gasteiger partial charge in [-0.05, 0) is 30.2 Å². The highest BCUT2D eigenvalue weighted by atomic mass is 19.4. The maximum absolute atomic E-state index is 13.5. The molecular weight excluding hydrogens is 374 g/mol. The van der Waals surface area contributed by atoms with Crippen LogP contribution in [0, 0.1) is 5.82 Å². The average Bonchev–Trinajstić information content (AvgIpc) is 2.89. The van der Waals surface area contributed by atoms with Crippen LogP contribution in [0.25, 0.3) is 16.7 Å². The number of halogens is 6. The highest BCUT2D eigenvalue weighted by Crippen LogP contribution is 2.39. The Kier molecular flexibility index (Phi) is 4.52. The van der Waals surface area contributed by atoms with Gasteiger partial charge in [0.1, 0.15) is 11.6 Å². The molecule has 3 aromatic rings. The molecule has 0 aliphatic carbocycles. The maximum atomic E-state index is 13.5. The van der Waals surface area contributed by atoms with Crippen LogP contribution in [0.2, 0.25) is 0 Å². The molecule has 0 aliphatic heterocycles. The first kappa shape index (κ1) is 19.0. The molecule has 0 saturated carbocycles. The minimum atomic E-state index is -4.75. The zero-order valence-corrected chi connectivity index (χ0v) is 14.2. The predicted molar refractivity (Wildman–Crippen MR) is 87.3 cm³/mol. The lowest BCUT2D eigenvalue weighted by Crippen LogP contribution is -2.09. The van der Waals surface area contributed by atoms with Crippen molar-refractivity contribution in [3.63, 3.8) is 0 Å². The molecule has 0 unspecified atom stereocenters. The Morgan fingerprint density at radius 3 is 2.33 bits per heavy atom. The lowest BCUT2D eigenvalue weighted by atomic mass is 10.0. The van der Waals surface area contributed by atoms with Crippen LogP contribution in [0.4, 0.5) is 32.2 Å². The first-order chi connectivity index (χ1) is 12.5. The summed E-state index contributed by atoms with van der Waals surface area (Å²) in [6, 6.07) is 3.33. The van der Waals surface area contributed by atoms with E-state index in [9.17, 15) is 26.3 Å². The van der Waals surface area contributed by atoms with Crippen LogP contribution in [0.5, 0.6) is 0 Å². The molecule has 4 nitrogen and oxygen atoms in total. The van der Waals surface area contributed by atoms with E-state index in [4.69, 9.17) is 5.73 Å². The third-order valence-corrected chi connectivity index (χ3v) is 4.05. The van der Waals surface area contributed by atoms with Gasteiger partial charge in [-0.3, -0.25) is 0 Å². The molecule has 0 fully saturated rings. The van der Waals surface area contributed by atoms with Gasteiger partial charge in [-0.15, -0.1) is 5.10 Å². The number of hydrogen-bond acceptors (Lipinski definition) is 3. The fourth-order valence-electron chi connectivity index (χ4n) is 2.73. The van der Waals surface area contributed by atoms with Crippen molar-refractivity contribution in [2.24, 2.45) is 0 Å². The molecule has 0 bridgehead atoms. The standard InChI is InChI=1S/C17H14F6N4/c1-7(2)11-6-10(17(21,22)23)13-15(24)27(26-16(13)25-11)12-4-3-8(18)5-9(12)14(19)20/h3-7,14H,24H2,1-2H3. The van der Waals surface area contributed by atoms with Gasteiger partial charge < -0.3 is 5.73 Å². The predicted octanol–water partition coefficient (Wildman–Crippen LogP) is 5.22. The van der Waals surface area contributed by atoms with E-state index in [0.717, 1.165) is 22.9 Å². The Hall–Kier alpha value is -2.78. The lowest BCUT2D eigenvalue weighted by Gasteiger charge is -2.12. The summed E-state index contributed by atoms with van der Waals surface area (Å²) in [6.45, 7) is 3.31. The van der Waals surface area contributed by atoms with Crippen LogP contribution >= 0.6 is 0 Å². The Balaban J connectivity index is 2.37. The number of pyridine rings is 1. The second kappa shape index (κ2) is 6.43. The second-order valence-electron chi connectivity index (χ2n) is 6.25. The van der Waals surface area contributed by atoms with E-state index in [0.29, 0.717) is 6.07 Å². The molecular formula is C17H14F6N4. The summed E-state index contributed by atoms with van der Waals surface area (Å²) >= 11 is 0. The Morgan fingerprint density at radius 1 is 1.11 bits per heavy atom. The summed E-state index contributed by atoms with van der Waals surface area (Å²) in [5, 5.41) is 3.41. The quantitative estimate of drug-likeness (QED) is 0.626. The molecule has 2 heterocycles. The Labute approximate surface area is 149 Å². The minimum absolute atomic E-state index is 0.132. The topological polar surface area (TPSA) is 56.7 Å². The van der Waals surface area contributed by atoms with Crippen LogP contribution in [-0.4, -0.2) is 14.8 Å². The molecule has 27 heavy (non-hydrogen) atoms. The summed E-state index contributed by atoms with van der Waals surface area (Å²) in [7, 11) is 0. The number of anilines is 1. The van der Waals surface area contributed by atoms with E-state index in [-0.39, 0.29) is 22.9 Å². The van der Waals surface area contributed by atoms with Crippen molar-refractivity contribution in [2.45, 2.75) is 32.4 Å². The van der Waals surface area contributed by atoms with Gasteiger partial charge in [-0.25, -0.2) is 22.8 Å². The Bertz CT molecular complexity index is 1010. The van der Waals surface area contributed by atoms with Crippen LogP contribution in [-0.2, 0) is 6.18 Å². The van der Waals surface area contributed by atoms with Gasteiger partial charge in [-0.2, -0.15) is 13.2 Å². The second-order valence-corrected chi connectivity index (χ2v) is 6.25. The zero-order chi connectivity index (χ0) is 20.1. The summed E-state index contributed by atoms with van der Waals surface area (Å²) in [4.78, 5) is 4.07. The van der Waals surface area contributed by atoms with Crippen molar-refractivity contribution in [3.8, 4) is 5.69 Å². The fraction of sp³-hybridized carbons (Fsp3) is 0.294. The van der Waals surface area contributed by atoms with E-state index in [1.54, 1.807) is 13.8 Å². The van der Waals surface area contributed by atoms with Crippen LogP contribution < -0.4 is 5.73 Å². The highest BCUT2D eigenvalue weighted by molar-refractivity contribution is 5.91. The van der Waals surface area contributed by atoms with Crippen molar-refractivity contribution in [1.82, 2.24) is 14.8 Å². The van der Waals surface area contributed by atoms with Crippen molar-refractivity contribution >= 4 is 16.9 Å². The number of nitrogen functional groups attached to an aromatic ring is 1. The summed E-state index contributed by atoms with van der Waals surface area (Å²) in [5.41, 5.74) is 3.52. The molecule has 1 aromatic carbocycles. The number of rotatable bonds is 3. The minimum Gasteiger partial charge on any atom is -0.383 e. The SMILES string of the molecule is CC(C)c1cc(C(F)(F)F)c2c(N)n(-c3ccc(F)cc3C(F)F)nc2n1. The molecule has 10 heteroatoms. The first-order valence-electron chi connectivity index (χ1n) is 7.85. The van der Waals surface area contributed by atoms with Crippen LogP contribution in [0.3, 0.4) is 0 Å². The fourth-order valence-corrected chi connectivity index (χ4v) is 2.73. The maximum Gasteiger partial charge on any atom is 0.417 e. The van der Waals surface area contributed by atoms with E-state index in [1.807, 2.05) is 0 Å². The van der Waals surface area contributed by atoms with E-state index in [2.05, 4.69) is 10.1 Å². The number of hydrogen-bond donors (Lipinski definition) is 1. The third kappa shape index (κ3) is 3.31. The molecule has 0 spiro atoms. The number of fused-ring (bicyclic) bond motifs is 1. The summed E-state index contributed by atoms with van der Waals surface area (Å²) in [5.74, 6) is -1.75. The van der Waals surface area contributed by atoms with E-state index in [1.165, 1.54) is 0 Å². The zero-order valence-electron chi connectivity index (χ0n) is 14.2. The largest absolute Gasteiger partial charge is 0.417 e. The van der Waals surface area contributed by atoms with Gasteiger partial charge in [0.05, 0.1) is 16.6 Å². The number of aromatic nitrogens is 3. The summed E-state index contributed by atoms with van der Waals surface area (Å²) < 4.78 is 81.2. The van der Waals surface area contributed by atoms with Gasteiger partial charge in [0.25, 0.3) is 6.43 Å². The molecule has 0 radical (unpaired) electrons. The number of nitrogens with zero attached hydrogens (tertiary/aromatic N) is 3. The molecule has 0 atom stereocenters. The van der Waals surface area contributed by atoms with E-state index >= 15 is 0 Å². The molecule has 3 rings (SSSR count). The number of nitrogens with two attached hydrogens (primary N) is 1. The van der Waals surface area contributed by atoms with Crippen molar-refractivity contribution < 1.29 is 26.3 Å². The van der Waals surface area contributed by atoms with Gasteiger partial charge in [0.2, 0.25) is 0 Å². The Morgan fingerprint density at radius 2 is 1.78 bits per heavy atom. The van der Waals surface area contributed by atoms with E-state index < -0.39 is 40.7 Å². The van der Waals surface area contributed by atoms with Crippen molar-refractivity contribution in [1.29, 1.82) is 0 Å². The monoisotopic (exact) mass is 388 g/mol. The lowest BCUT2D eigenvalue weighted by molar-refractivity contribution is -0.136. The molecule has 2 aromatic heterocycles. The van der Waals surface area contributed by atoms with Gasteiger partial charge in [-0.1, -0.05) is 13.8 Å². The molecule has 0 aliphatic rings. The molecule has 2 N–H and O–H groups in total. The first-order valence-corrected chi connectivity index (χ1v) is 7.85. The molecule has 0 amide bonds. The van der Waals surface area contributed by atoms with Gasteiger partial charge in [0, 0.05) is 11.3 Å². The van der Waals surface area contributed by atoms with Gasteiger partial charge >= 0.3 is 6.18 Å². The van der Waals surface area contributed by atoms with Gasteiger partial charge in [0.15, 0.2) is 5.65 Å². The van der Waals surface area contributed by atoms with Crippen LogP contribution in [0.1, 0.15) is 43.0 Å². The summed E-state index contributed by atoms with van der Waals surface area (Å²) in [6.07, 6.45) is -7.83.